The number of nitrogens with two attached hydrogens (primary N) is 1. The van der Waals surface area contributed by atoms with E-state index in [2.05, 4.69) is 5.32 Å². The summed E-state index contributed by atoms with van der Waals surface area (Å²) < 4.78 is 18.7. The fourth-order valence-corrected chi connectivity index (χ4v) is 1.91. The summed E-state index contributed by atoms with van der Waals surface area (Å²) in [6, 6.07) is 10.6. The van der Waals surface area contributed by atoms with Crippen molar-refractivity contribution in [3.63, 3.8) is 0 Å². The van der Waals surface area contributed by atoms with Crippen molar-refractivity contribution in [2.45, 2.75) is 0 Å². The lowest BCUT2D eigenvalue weighted by Gasteiger charge is -2.12. The molecule has 4 nitrogen and oxygen atoms in total. The topological polar surface area (TPSA) is 64.3 Å². The molecular formula is C15H13FN2O2S. The summed E-state index contributed by atoms with van der Waals surface area (Å²) in [5, 5.41) is 2.60. The number of carbonyl (C=O) groups excluding carboxylic acids is 1. The second-order valence-corrected chi connectivity index (χ2v) is 4.65. The number of methoxy groups -OCH3 is 1. The number of benzene rings is 2. The molecule has 1 amide bonds. The Bertz CT molecular complexity index is 704. The average Bonchev–Trinajstić information content (AvgIpc) is 2.47. The van der Waals surface area contributed by atoms with Crippen LogP contribution in [0.25, 0.3) is 0 Å². The third-order valence-electron chi connectivity index (χ3n) is 2.85. The van der Waals surface area contributed by atoms with E-state index in [1.54, 1.807) is 24.3 Å². The molecule has 0 atom stereocenters. The normalized spacial score (nSPS) is 10.0. The maximum absolute atomic E-state index is 13.6. The van der Waals surface area contributed by atoms with E-state index in [0.29, 0.717) is 17.0 Å². The van der Waals surface area contributed by atoms with Crippen LogP contribution in [-0.2, 0) is 0 Å². The SMILES string of the molecule is COc1cc(C(N)=S)ccc1NC(=O)c1ccccc1F. The minimum absolute atomic E-state index is 0.0435. The smallest absolute Gasteiger partial charge is 0.258 e. The van der Waals surface area contributed by atoms with Crippen LogP contribution in [0.5, 0.6) is 5.75 Å². The number of hydrogen-bond donors (Lipinski definition) is 2. The minimum atomic E-state index is -0.589. The maximum atomic E-state index is 13.6. The molecule has 2 aromatic rings. The molecule has 21 heavy (non-hydrogen) atoms. The number of anilines is 1. The molecule has 0 bridgehead atoms. The van der Waals surface area contributed by atoms with Gasteiger partial charge in [-0.2, -0.15) is 0 Å². The van der Waals surface area contributed by atoms with Crippen LogP contribution < -0.4 is 15.8 Å². The standard InChI is InChI=1S/C15H13FN2O2S/c1-20-13-8-9(14(17)21)6-7-12(13)18-15(19)10-4-2-3-5-11(10)16/h2-8H,1H3,(H2,17,21)(H,18,19). The largest absolute Gasteiger partial charge is 0.495 e. The van der Waals surface area contributed by atoms with E-state index in [9.17, 15) is 9.18 Å². The second kappa shape index (κ2) is 6.32. The van der Waals surface area contributed by atoms with Crippen LogP contribution in [0.3, 0.4) is 0 Å². The highest BCUT2D eigenvalue weighted by molar-refractivity contribution is 7.80. The number of carbonyl (C=O) groups is 1. The number of ether oxygens (including phenoxy) is 1. The van der Waals surface area contributed by atoms with E-state index in [4.69, 9.17) is 22.7 Å². The van der Waals surface area contributed by atoms with Crippen molar-refractivity contribution in [3.8, 4) is 5.75 Å². The van der Waals surface area contributed by atoms with Crippen molar-refractivity contribution in [1.82, 2.24) is 0 Å². The highest BCUT2D eigenvalue weighted by Gasteiger charge is 2.14. The summed E-state index contributed by atoms with van der Waals surface area (Å²) in [6.07, 6.45) is 0. The lowest BCUT2D eigenvalue weighted by Crippen LogP contribution is -2.15. The van der Waals surface area contributed by atoms with Crippen molar-refractivity contribution >= 4 is 28.8 Å². The summed E-state index contributed by atoms with van der Waals surface area (Å²) in [7, 11) is 1.46. The summed E-state index contributed by atoms with van der Waals surface area (Å²) >= 11 is 4.88. The highest BCUT2D eigenvalue weighted by Crippen LogP contribution is 2.26. The molecule has 0 saturated carbocycles. The van der Waals surface area contributed by atoms with Crippen molar-refractivity contribution in [2.24, 2.45) is 5.73 Å². The molecule has 0 saturated heterocycles. The zero-order chi connectivity index (χ0) is 15.4. The van der Waals surface area contributed by atoms with E-state index < -0.39 is 11.7 Å². The summed E-state index contributed by atoms with van der Waals surface area (Å²) in [5.74, 6) is -0.756. The van der Waals surface area contributed by atoms with Crippen molar-refractivity contribution in [1.29, 1.82) is 0 Å². The molecule has 2 rings (SSSR count). The van der Waals surface area contributed by atoms with Gasteiger partial charge in [-0.05, 0) is 30.3 Å². The zero-order valence-corrected chi connectivity index (χ0v) is 12.0. The summed E-state index contributed by atoms with van der Waals surface area (Å²) in [6.45, 7) is 0. The van der Waals surface area contributed by atoms with Crippen LogP contribution in [0.15, 0.2) is 42.5 Å². The molecule has 0 aromatic heterocycles. The fraction of sp³-hybridized carbons (Fsp3) is 0.0667. The van der Waals surface area contributed by atoms with Gasteiger partial charge in [0.2, 0.25) is 0 Å². The molecule has 0 radical (unpaired) electrons. The first kappa shape index (κ1) is 14.9. The number of thiocarbonyl (C=S) groups is 1. The van der Waals surface area contributed by atoms with Crippen LogP contribution in [-0.4, -0.2) is 18.0 Å². The highest BCUT2D eigenvalue weighted by atomic mass is 32.1. The molecule has 6 heteroatoms. The quantitative estimate of drug-likeness (QED) is 0.853. The van der Waals surface area contributed by atoms with Gasteiger partial charge in [-0.25, -0.2) is 4.39 Å². The van der Waals surface area contributed by atoms with E-state index in [1.165, 1.54) is 25.3 Å². The van der Waals surface area contributed by atoms with Gasteiger partial charge in [-0.1, -0.05) is 24.4 Å². The molecule has 0 aliphatic rings. The predicted molar refractivity (Wildman–Crippen MR) is 83.2 cm³/mol. The Hall–Kier alpha value is -2.47. The van der Waals surface area contributed by atoms with E-state index in [-0.39, 0.29) is 10.6 Å². The number of nitrogens with one attached hydrogen (secondary N) is 1. The van der Waals surface area contributed by atoms with Gasteiger partial charge in [-0.3, -0.25) is 4.79 Å². The lowest BCUT2D eigenvalue weighted by molar-refractivity contribution is 0.102. The number of rotatable bonds is 4. The Labute approximate surface area is 126 Å². The average molecular weight is 304 g/mol. The molecule has 3 N–H and O–H groups in total. The molecule has 0 aliphatic carbocycles. The summed E-state index contributed by atoms with van der Waals surface area (Å²) in [4.78, 5) is 12.3. The second-order valence-electron chi connectivity index (χ2n) is 4.21. The van der Waals surface area contributed by atoms with Crippen LogP contribution in [0.2, 0.25) is 0 Å². The lowest BCUT2D eigenvalue weighted by atomic mass is 10.1. The van der Waals surface area contributed by atoms with Gasteiger partial charge >= 0.3 is 0 Å². The van der Waals surface area contributed by atoms with Gasteiger partial charge in [0.15, 0.2) is 0 Å². The Morgan fingerprint density at radius 2 is 2.00 bits per heavy atom. The molecule has 0 aliphatic heterocycles. The van der Waals surface area contributed by atoms with Crippen molar-refractivity contribution < 1.29 is 13.9 Å². The fourth-order valence-electron chi connectivity index (χ4n) is 1.78. The minimum Gasteiger partial charge on any atom is -0.495 e. The van der Waals surface area contributed by atoms with E-state index >= 15 is 0 Å². The molecular weight excluding hydrogens is 291 g/mol. The number of halogens is 1. The van der Waals surface area contributed by atoms with Crippen molar-refractivity contribution in [2.75, 3.05) is 12.4 Å². The Balaban J connectivity index is 2.29. The van der Waals surface area contributed by atoms with Gasteiger partial charge in [-0.15, -0.1) is 0 Å². The first-order valence-electron chi connectivity index (χ1n) is 6.06. The zero-order valence-electron chi connectivity index (χ0n) is 11.2. The molecule has 0 fully saturated rings. The van der Waals surface area contributed by atoms with E-state index in [1.807, 2.05) is 0 Å². The predicted octanol–water partition coefficient (Wildman–Crippen LogP) is 2.72. The van der Waals surface area contributed by atoms with Gasteiger partial charge in [0.1, 0.15) is 16.6 Å². The monoisotopic (exact) mass is 304 g/mol. The Morgan fingerprint density at radius 1 is 1.29 bits per heavy atom. The van der Waals surface area contributed by atoms with Crippen molar-refractivity contribution in [3.05, 3.63) is 59.4 Å². The summed E-state index contributed by atoms with van der Waals surface area (Å²) in [5.41, 5.74) is 6.52. The first-order valence-corrected chi connectivity index (χ1v) is 6.47. The van der Waals surface area contributed by atoms with Gasteiger partial charge in [0.25, 0.3) is 5.91 Å². The molecule has 2 aromatic carbocycles. The van der Waals surface area contributed by atoms with E-state index in [0.717, 1.165) is 0 Å². The number of hydrogen-bond acceptors (Lipinski definition) is 3. The van der Waals surface area contributed by atoms with Gasteiger partial charge in [0, 0.05) is 5.56 Å². The molecule has 0 heterocycles. The first-order chi connectivity index (χ1) is 10.0. The third kappa shape index (κ3) is 3.35. The van der Waals surface area contributed by atoms with Gasteiger partial charge < -0.3 is 15.8 Å². The van der Waals surface area contributed by atoms with Crippen LogP contribution in [0, 0.1) is 5.82 Å². The Morgan fingerprint density at radius 3 is 2.62 bits per heavy atom. The molecule has 108 valence electrons. The molecule has 0 unspecified atom stereocenters. The third-order valence-corrected chi connectivity index (χ3v) is 3.09. The number of amides is 1. The van der Waals surface area contributed by atoms with Crippen LogP contribution in [0.4, 0.5) is 10.1 Å². The Kier molecular flexibility index (Phi) is 4.49. The molecule has 0 spiro atoms. The van der Waals surface area contributed by atoms with Crippen LogP contribution >= 0.6 is 12.2 Å². The van der Waals surface area contributed by atoms with Crippen LogP contribution in [0.1, 0.15) is 15.9 Å². The maximum Gasteiger partial charge on any atom is 0.258 e. The van der Waals surface area contributed by atoms with Gasteiger partial charge in [0.05, 0.1) is 18.4 Å².